The molecule has 154 valence electrons. The van der Waals surface area contributed by atoms with E-state index in [1.807, 2.05) is 24.7 Å². The molecule has 1 saturated carbocycles. The Balaban J connectivity index is 1.47. The summed E-state index contributed by atoms with van der Waals surface area (Å²) in [5.74, 6) is 1.71. The Morgan fingerprint density at radius 3 is 2.68 bits per heavy atom. The van der Waals surface area contributed by atoms with E-state index in [0.29, 0.717) is 17.5 Å². The molecule has 1 aromatic heterocycles. The Labute approximate surface area is 167 Å². The molecular weight excluding hydrogens is 352 g/mol. The Hall–Kier alpha value is -1.66. The first-order valence-electron chi connectivity index (χ1n) is 10.9. The average Bonchev–Trinajstić information content (AvgIpc) is 2.64. The summed E-state index contributed by atoms with van der Waals surface area (Å²) >= 11 is 0. The number of nitrogens with one attached hydrogen (secondary N) is 1. The molecular formula is C22H34N4O2. The number of carbonyl (C=O) groups excluding carboxylic acids is 1. The second kappa shape index (κ2) is 8.37. The summed E-state index contributed by atoms with van der Waals surface area (Å²) in [6.45, 7) is 4.47. The highest BCUT2D eigenvalue weighted by Crippen LogP contribution is 2.36. The summed E-state index contributed by atoms with van der Waals surface area (Å²) in [6.07, 6.45) is 8.16. The molecule has 3 heterocycles. The second-order valence-corrected chi connectivity index (χ2v) is 9.39. The molecule has 1 aliphatic carbocycles. The van der Waals surface area contributed by atoms with Gasteiger partial charge in [-0.1, -0.05) is 19.3 Å². The van der Waals surface area contributed by atoms with Gasteiger partial charge in [-0.15, -0.1) is 0 Å². The first-order valence-corrected chi connectivity index (χ1v) is 10.9. The number of hydrogen-bond donors (Lipinski definition) is 1. The number of nitrogens with zero attached hydrogens (tertiary/aromatic N) is 3. The van der Waals surface area contributed by atoms with E-state index in [2.05, 4.69) is 16.3 Å². The third kappa shape index (κ3) is 4.33. The van der Waals surface area contributed by atoms with Crippen LogP contribution in [0.25, 0.3) is 0 Å². The fourth-order valence-electron chi connectivity index (χ4n) is 5.50. The summed E-state index contributed by atoms with van der Waals surface area (Å²) in [6, 6.07) is 3.87. The normalized spacial score (nSPS) is 25.5. The molecule has 2 atom stereocenters. The molecule has 1 saturated heterocycles. The van der Waals surface area contributed by atoms with Crippen LogP contribution in [0.3, 0.4) is 0 Å². The molecule has 3 aliphatic rings. The smallest absolute Gasteiger partial charge is 0.274 e. The third-order valence-electron chi connectivity index (χ3n) is 6.65. The maximum atomic E-state index is 13.0. The van der Waals surface area contributed by atoms with Crippen LogP contribution in [-0.4, -0.2) is 60.5 Å². The number of fused-ring (bicyclic) bond motifs is 4. The molecule has 2 aliphatic heterocycles. The van der Waals surface area contributed by atoms with Crippen molar-refractivity contribution in [3.63, 3.8) is 0 Å². The molecule has 2 bridgehead atoms. The largest absolute Gasteiger partial charge is 0.320 e. The highest BCUT2D eigenvalue weighted by molar-refractivity contribution is 5.92. The lowest BCUT2D eigenvalue weighted by Crippen LogP contribution is -2.48. The SMILES string of the molecule is CN(C)CC(=O)Nc1ccc2n(c1=O)C[C@H]1C[C@@H]2CN(CC2CCCCC2)C1. The van der Waals surface area contributed by atoms with Gasteiger partial charge in [0.2, 0.25) is 5.91 Å². The zero-order valence-corrected chi connectivity index (χ0v) is 17.3. The van der Waals surface area contributed by atoms with Crippen molar-refractivity contribution < 1.29 is 4.79 Å². The van der Waals surface area contributed by atoms with Crippen LogP contribution in [0.1, 0.15) is 50.1 Å². The third-order valence-corrected chi connectivity index (χ3v) is 6.65. The van der Waals surface area contributed by atoms with Crippen molar-refractivity contribution in [2.24, 2.45) is 11.8 Å². The van der Waals surface area contributed by atoms with Crippen LogP contribution in [0.4, 0.5) is 5.69 Å². The molecule has 1 aromatic rings. The second-order valence-electron chi connectivity index (χ2n) is 9.39. The summed E-state index contributed by atoms with van der Waals surface area (Å²) in [5, 5.41) is 2.80. The van der Waals surface area contributed by atoms with E-state index in [0.717, 1.165) is 31.2 Å². The predicted octanol–water partition coefficient (Wildman–Crippen LogP) is 2.35. The van der Waals surface area contributed by atoms with E-state index in [9.17, 15) is 9.59 Å². The van der Waals surface area contributed by atoms with Gasteiger partial charge >= 0.3 is 0 Å². The van der Waals surface area contributed by atoms with Crippen molar-refractivity contribution in [3.8, 4) is 0 Å². The molecule has 6 nitrogen and oxygen atoms in total. The predicted molar refractivity (Wildman–Crippen MR) is 112 cm³/mol. The minimum Gasteiger partial charge on any atom is -0.320 e. The zero-order chi connectivity index (χ0) is 19.7. The lowest BCUT2D eigenvalue weighted by molar-refractivity contribution is -0.116. The first-order chi connectivity index (χ1) is 13.5. The average molecular weight is 387 g/mol. The number of aromatic nitrogens is 1. The maximum Gasteiger partial charge on any atom is 0.274 e. The topological polar surface area (TPSA) is 57.6 Å². The number of pyridine rings is 1. The molecule has 0 unspecified atom stereocenters. The first kappa shape index (κ1) is 19.6. The molecule has 28 heavy (non-hydrogen) atoms. The highest BCUT2D eigenvalue weighted by Gasteiger charge is 2.35. The van der Waals surface area contributed by atoms with E-state index in [1.165, 1.54) is 45.1 Å². The van der Waals surface area contributed by atoms with Gasteiger partial charge in [0.1, 0.15) is 5.69 Å². The van der Waals surface area contributed by atoms with Gasteiger partial charge in [-0.25, -0.2) is 0 Å². The molecule has 0 spiro atoms. The van der Waals surface area contributed by atoms with Crippen LogP contribution in [-0.2, 0) is 11.3 Å². The van der Waals surface area contributed by atoms with Crippen molar-refractivity contribution in [3.05, 3.63) is 28.2 Å². The number of piperidine rings is 1. The molecule has 2 fully saturated rings. The monoisotopic (exact) mass is 386 g/mol. The Morgan fingerprint density at radius 2 is 1.93 bits per heavy atom. The zero-order valence-electron chi connectivity index (χ0n) is 17.3. The number of likely N-dealkylation sites (N-methyl/N-ethyl adjacent to an activating group) is 1. The molecule has 4 rings (SSSR count). The number of hydrogen-bond acceptors (Lipinski definition) is 4. The number of amides is 1. The lowest BCUT2D eigenvalue weighted by atomic mass is 9.81. The van der Waals surface area contributed by atoms with E-state index in [-0.39, 0.29) is 18.0 Å². The van der Waals surface area contributed by atoms with Crippen molar-refractivity contribution in [2.75, 3.05) is 45.6 Å². The summed E-state index contributed by atoms with van der Waals surface area (Å²) in [4.78, 5) is 29.5. The summed E-state index contributed by atoms with van der Waals surface area (Å²) in [7, 11) is 3.69. The van der Waals surface area contributed by atoms with E-state index < -0.39 is 0 Å². The fraction of sp³-hybridized carbons (Fsp3) is 0.727. The van der Waals surface area contributed by atoms with Crippen LogP contribution < -0.4 is 10.9 Å². The van der Waals surface area contributed by atoms with Gasteiger partial charge in [-0.3, -0.25) is 9.59 Å². The Bertz CT molecular complexity index is 766. The number of carbonyl (C=O) groups is 1. The molecule has 6 heteroatoms. The maximum absolute atomic E-state index is 13.0. The van der Waals surface area contributed by atoms with Crippen LogP contribution in [0.15, 0.2) is 16.9 Å². The Kier molecular flexibility index (Phi) is 5.88. The van der Waals surface area contributed by atoms with Crippen LogP contribution in [0, 0.1) is 11.8 Å². The highest BCUT2D eigenvalue weighted by atomic mass is 16.2. The number of likely N-dealkylation sites (tertiary alicyclic amines) is 1. The van der Waals surface area contributed by atoms with Gasteiger partial charge in [0.15, 0.2) is 0 Å². The summed E-state index contributed by atoms with van der Waals surface area (Å²) in [5.41, 5.74) is 1.52. The van der Waals surface area contributed by atoms with Gasteiger partial charge in [0.25, 0.3) is 5.56 Å². The van der Waals surface area contributed by atoms with Gasteiger partial charge in [0.05, 0.1) is 6.54 Å². The van der Waals surface area contributed by atoms with E-state index in [1.54, 1.807) is 4.90 Å². The van der Waals surface area contributed by atoms with Gasteiger partial charge < -0.3 is 19.7 Å². The molecule has 0 radical (unpaired) electrons. The van der Waals surface area contributed by atoms with Gasteiger partial charge in [-0.2, -0.15) is 0 Å². The number of anilines is 1. The Morgan fingerprint density at radius 1 is 1.14 bits per heavy atom. The van der Waals surface area contributed by atoms with Crippen LogP contribution in [0.2, 0.25) is 0 Å². The van der Waals surface area contributed by atoms with Gasteiger partial charge in [0, 0.05) is 37.8 Å². The van der Waals surface area contributed by atoms with Crippen LogP contribution in [0.5, 0.6) is 0 Å². The minimum atomic E-state index is -0.141. The minimum absolute atomic E-state index is 0.0416. The standard InChI is InChI=1S/C22H34N4O2/c1-24(2)15-21(27)23-19-8-9-20-18-10-17(13-26(20)22(19)28)12-25(14-18)11-16-6-4-3-5-7-16/h8-9,16-18H,3-7,10-15H2,1-2H3,(H,23,27)/t17-,18+/m0/s1. The van der Waals surface area contributed by atoms with Crippen molar-refractivity contribution in [1.82, 2.24) is 14.4 Å². The molecule has 0 aromatic carbocycles. The fourth-order valence-corrected chi connectivity index (χ4v) is 5.50. The van der Waals surface area contributed by atoms with Crippen LogP contribution >= 0.6 is 0 Å². The summed E-state index contributed by atoms with van der Waals surface area (Å²) < 4.78 is 1.93. The van der Waals surface area contributed by atoms with Crippen molar-refractivity contribution >= 4 is 11.6 Å². The van der Waals surface area contributed by atoms with E-state index >= 15 is 0 Å². The molecule has 1 amide bonds. The molecule has 1 N–H and O–H groups in total. The van der Waals surface area contributed by atoms with E-state index in [4.69, 9.17) is 0 Å². The van der Waals surface area contributed by atoms with Crippen molar-refractivity contribution in [1.29, 1.82) is 0 Å². The number of rotatable bonds is 5. The van der Waals surface area contributed by atoms with Gasteiger partial charge in [-0.05, 0) is 57.3 Å². The quantitative estimate of drug-likeness (QED) is 0.844. The lowest BCUT2D eigenvalue weighted by Gasteiger charge is -2.44. The van der Waals surface area contributed by atoms with Crippen molar-refractivity contribution in [2.45, 2.75) is 51.0 Å².